The highest BCUT2D eigenvalue weighted by molar-refractivity contribution is 7.13. The monoisotopic (exact) mass is 384 g/mol. The van der Waals surface area contributed by atoms with Crippen LogP contribution in [0.5, 0.6) is 0 Å². The van der Waals surface area contributed by atoms with E-state index in [1.165, 1.54) is 31.3 Å². The lowest BCUT2D eigenvalue weighted by Gasteiger charge is -2.58. The molecule has 0 aromatic carbocycles. The van der Waals surface area contributed by atoms with Gasteiger partial charge in [-0.1, -0.05) is 37.6 Å². The summed E-state index contributed by atoms with van der Waals surface area (Å²) in [7, 11) is 1.89. The third-order valence-electron chi connectivity index (χ3n) is 8.69. The van der Waals surface area contributed by atoms with Gasteiger partial charge in [0.1, 0.15) is 5.60 Å². The molecule has 0 unspecified atom stereocenters. The van der Waals surface area contributed by atoms with Gasteiger partial charge in [-0.2, -0.15) is 0 Å². The number of nitrogens with one attached hydrogen (secondary N) is 1. The fourth-order valence-corrected chi connectivity index (χ4v) is 7.71. The van der Waals surface area contributed by atoms with Crippen molar-refractivity contribution >= 4 is 16.5 Å². The van der Waals surface area contributed by atoms with Gasteiger partial charge in [-0.3, -0.25) is 0 Å². The third-order valence-corrected chi connectivity index (χ3v) is 9.55. The Morgan fingerprint density at radius 3 is 2.81 bits per heavy atom. The van der Waals surface area contributed by atoms with Gasteiger partial charge in [0.25, 0.3) is 0 Å². The van der Waals surface area contributed by atoms with Crippen LogP contribution in [-0.4, -0.2) is 17.1 Å². The van der Waals surface area contributed by atoms with Crippen LogP contribution in [0.1, 0.15) is 64.5 Å². The number of aromatic nitrogens is 1. The molecular weight excluding hydrogens is 352 g/mol. The smallest absolute Gasteiger partial charge is 0.182 e. The molecule has 0 saturated heterocycles. The van der Waals surface area contributed by atoms with Crippen molar-refractivity contribution in [1.29, 1.82) is 0 Å². The highest BCUT2D eigenvalue weighted by Crippen LogP contribution is 2.64. The van der Waals surface area contributed by atoms with Gasteiger partial charge in [-0.15, -0.1) is 11.3 Å². The summed E-state index contributed by atoms with van der Waals surface area (Å²) in [6.45, 7) is 4.99. The van der Waals surface area contributed by atoms with Gasteiger partial charge in [-0.25, -0.2) is 4.98 Å². The van der Waals surface area contributed by atoms with Crippen LogP contribution in [0.15, 0.2) is 29.2 Å². The Hall–Kier alpha value is -1.13. The van der Waals surface area contributed by atoms with E-state index in [0.717, 1.165) is 47.8 Å². The second-order valence-corrected chi connectivity index (χ2v) is 10.8. The van der Waals surface area contributed by atoms with Crippen LogP contribution < -0.4 is 5.32 Å². The fourth-order valence-electron chi connectivity index (χ4n) is 6.95. The lowest BCUT2D eigenvalue weighted by Crippen LogP contribution is -2.50. The van der Waals surface area contributed by atoms with Gasteiger partial charge < -0.3 is 10.4 Å². The molecule has 4 aliphatic rings. The van der Waals surface area contributed by atoms with Crippen LogP contribution >= 0.6 is 11.3 Å². The number of aliphatic hydroxyl groups is 1. The second-order valence-electron chi connectivity index (χ2n) is 9.94. The lowest BCUT2D eigenvalue weighted by molar-refractivity contribution is -0.0613. The molecule has 2 saturated carbocycles. The molecule has 0 spiro atoms. The number of nitrogens with zero attached hydrogens (tertiary/aromatic N) is 1. The Balaban J connectivity index is 1.44. The first-order valence-corrected chi connectivity index (χ1v) is 11.5. The quantitative estimate of drug-likeness (QED) is 0.662. The second kappa shape index (κ2) is 5.93. The molecule has 146 valence electrons. The lowest BCUT2D eigenvalue weighted by atomic mass is 9.47. The van der Waals surface area contributed by atoms with E-state index < -0.39 is 5.60 Å². The van der Waals surface area contributed by atoms with Gasteiger partial charge in [-0.05, 0) is 67.1 Å². The summed E-state index contributed by atoms with van der Waals surface area (Å²) >= 11 is 1.59. The average Bonchev–Trinajstić information content (AvgIpc) is 3.29. The predicted octanol–water partition coefficient (Wildman–Crippen LogP) is 5.50. The molecule has 6 atom stereocenters. The van der Waals surface area contributed by atoms with Crippen LogP contribution in [0.3, 0.4) is 0 Å². The highest BCUT2D eigenvalue weighted by Gasteiger charge is 2.56. The van der Waals surface area contributed by atoms with Crippen LogP contribution in [0.4, 0.5) is 5.13 Å². The van der Waals surface area contributed by atoms with Crippen molar-refractivity contribution in [2.45, 2.75) is 64.4 Å². The number of allylic oxidation sites excluding steroid dienone is 3. The van der Waals surface area contributed by atoms with Gasteiger partial charge in [0.05, 0.1) is 5.69 Å². The van der Waals surface area contributed by atoms with E-state index in [0.29, 0.717) is 5.41 Å². The van der Waals surface area contributed by atoms with Gasteiger partial charge >= 0.3 is 0 Å². The summed E-state index contributed by atoms with van der Waals surface area (Å²) in [5, 5.41) is 17.5. The maximum Gasteiger partial charge on any atom is 0.182 e. The normalized spacial score (nSPS) is 45.6. The minimum atomic E-state index is -0.790. The number of hydrogen-bond acceptors (Lipinski definition) is 4. The molecule has 2 N–H and O–H groups in total. The van der Waals surface area contributed by atoms with Crippen molar-refractivity contribution in [2.24, 2.45) is 28.6 Å². The zero-order valence-corrected chi connectivity index (χ0v) is 17.6. The van der Waals surface area contributed by atoms with Crippen molar-refractivity contribution in [3.05, 3.63) is 34.9 Å². The van der Waals surface area contributed by atoms with Crippen molar-refractivity contribution in [3.8, 4) is 0 Å². The van der Waals surface area contributed by atoms with Gasteiger partial charge in [0, 0.05) is 18.8 Å². The third kappa shape index (κ3) is 2.52. The van der Waals surface area contributed by atoms with Gasteiger partial charge in [0.2, 0.25) is 0 Å². The summed E-state index contributed by atoms with van der Waals surface area (Å²) in [5.74, 6) is 2.42. The summed E-state index contributed by atoms with van der Waals surface area (Å²) in [6, 6.07) is 0. The zero-order valence-electron chi connectivity index (χ0n) is 16.8. The maximum absolute atomic E-state index is 11.5. The summed E-state index contributed by atoms with van der Waals surface area (Å²) < 4.78 is 0. The Labute approximate surface area is 167 Å². The Kier molecular flexibility index (Phi) is 3.94. The van der Waals surface area contributed by atoms with E-state index in [4.69, 9.17) is 0 Å². The molecule has 4 aliphatic carbocycles. The van der Waals surface area contributed by atoms with Crippen molar-refractivity contribution in [3.63, 3.8) is 0 Å². The molecular formula is C23H32N2OS. The van der Waals surface area contributed by atoms with Crippen molar-refractivity contribution < 1.29 is 5.11 Å². The van der Waals surface area contributed by atoms with Crippen molar-refractivity contribution in [2.75, 3.05) is 12.4 Å². The van der Waals surface area contributed by atoms with E-state index in [1.54, 1.807) is 11.3 Å². The number of thiazole rings is 1. The predicted molar refractivity (Wildman–Crippen MR) is 112 cm³/mol. The Morgan fingerprint density at radius 2 is 2.04 bits per heavy atom. The molecule has 1 aromatic heterocycles. The Morgan fingerprint density at radius 1 is 1.19 bits per heavy atom. The molecule has 0 bridgehead atoms. The standard InChI is InChI=1S/C23H32N2OS/c1-21-9-4-5-17(21)16-7-6-15-13-23(26,19-14-27-20(24-3)25-19)12-11-22(15,2)18(16)8-10-21/h4,6,9,14,16-18,26H,5,7-8,10-13H2,1-3H3,(H,24,25)/t16-,17-,18-,21-,22-,23-/m0/s1. The van der Waals surface area contributed by atoms with E-state index in [2.05, 4.69) is 42.4 Å². The maximum atomic E-state index is 11.5. The zero-order chi connectivity index (χ0) is 18.9. The molecule has 2 fully saturated rings. The number of hydrogen-bond donors (Lipinski definition) is 2. The highest BCUT2D eigenvalue weighted by atomic mass is 32.1. The molecule has 5 rings (SSSR count). The van der Waals surface area contributed by atoms with E-state index >= 15 is 0 Å². The molecule has 0 amide bonds. The topological polar surface area (TPSA) is 45.2 Å². The van der Waals surface area contributed by atoms with E-state index in [-0.39, 0.29) is 5.41 Å². The largest absolute Gasteiger partial charge is 0.383 e. The first-order valence-electron chi connectivity index (χ1n) is 10.6. The van der Waals surface area contributed by atoms with Crippen LogP contribution in [0.25, 0.3) is 0 Å². The molecule has 0 aliphatic heterocycles. The first-order chi connectivity index (χ1) is 12.9. The van der Waals surface area contributed by atoms with Gasteiger partial charge in [0.15, 0.2) is 5.13 Å². The average molecular weight is 385 g/mol. The summed E-state index contributed by atoms with van der Waals surface area (Å²) in [5.41, 5.74) is 2.27. The molecule has 3 nitrogen and oxygen atoms in total. The minimum Gasteiger partial charge on any atom is -0.383 e. The van der Waals surface area contributed by atoms with Crippen molar-refractivity contribution in [1.82, 2.24) is 4.98 Å². The number of rotatable bonds is 2. The van der Waals surface area contributed by atoms with Crippen LogP contribution in [0.2, 0.25) is 0 Å². The molecule has 1 aromatic rings. The van der Waals surface area contributed by atoms with Crippen LogP contribution in [-0.2, 0) is 5.60 Å². The summed E-state index contributed by atoms with van der Waals surface area (Å²) in [4.78, 5) is 4.64. The van der Waals surface area contributed by atoms with Crippen LogP contribution in [0, 0.1) is 28.6 Å². The number of anilines is 1. The first kappa shape index (κ1) is 17.9. The molecule has 0 radical (unpaired) electrons. The molecule has 1 heterocycles. The Bertz CT molecular complexity index is 813. The molecule has 4 heteroatoms. The molecule has 27 heavy (non-hydrogen) atoms. The number of fused-ring (bicyclic) bond motifs is 5. The summed E-state index contributed by atoms with van der Waals surface area (Å²) in [6.07, 6.45) is 15.3. The van der Waals surface area contributed by atoms with E-state index in [1.807, 2.05) is 12.4 Å². The fraction of sp³-hybridized carbons (Fsp3) is 0.696. The minimum absolute atomic E-state index is 0.265. The van der Waals surface area contributed by atoms with E-state index in [9.17, 15) is 5.11 Å². The SMILES string of the molecule is CNc1nc([C@]2(O)CC[C@@]3(C)C(=CC[C@H]4[C@@H]5CC=C[C@@]5(C)CC[C@@H]43)C2)cs1.